The summed E-state index contributed by atoms with van der Waals surface area (Å²) in [6, 6.07) is 5.91. The lowest BCUT2D eigenvalue weighted by molar-refractivity contribution is 0.0546. The minimum absolute atomic E-state index is 0.0920. The summed E-state index contributed by atoms with van der Waals surface area (Å²) >= 11 is 0. The van der Waals surface area contributed by atoms with Crippen molar-refractivity contribution in [1.29, 1.82) is 0 Å². The molecule has 1 fully saturated rings. The van der Waals surface area contributed by atoms with Crippen LogP contribution in [0.25, 0.3) is 0 Å². The number of carbonyl (C=O) groups excluding carboxylic acids is 1. The minimum atomic E-state index is -0.238. The summed E-state index contributed by atoms with van der Waals surface area (Å²) in [6.07, 6.45) is 1.14. The zero-order valence-electron chi connectivity index (χ0n) is 10.4. The zero-order chi connectivity index (χ0) is 12.4. The van der Waals surface area contributed by atoms with Gasteiger partial charge < -0.3 is 10.0 Å². The van der Waals surface area contributed by atoms with Crippen molar-refractivity contribution in [3.63, 3.8) is 0 Å². The SMILES string of the molecule is Cc1ccc(C(=O)N2CCC(O)CC2)c(C)c1. The average Bonchev–Trinajstić information content (AvgIpc) is 2.29. The van der Waals surface area contributed by atoms with E-state index in [9.17, 15) is 9.90 Å². The van der Waals surface area contributed by atoms with E-state index in [4.69, 9.17) is 0 Å². The quantitative estimate of drug-likeness (QED) is 0.804. The van der Waals surface area contributed by atoms with Gasteiger partial charge in [-0.05, 0) is 38.3 Å². The number of aliphatic hydroxyl groups excluding tert-OH is 1. The number of nitrogens with zero attached hydrogens (tertiary/aromatic N) is 1. The second-order valence-corrected chi connectivity index (χ2v) is 4.84. The molecule has 0 unspecified atom stereocenters. The Morgan fingerprint density at radius 1 is 1.29 bits per heavy atom. The van der Waals surface area contributed by atoms with Gasteiger partial charge >= 0.3 is 0 Å². The molecule has 0 radical (unpaired) electrons. The number of likely N-dealkylation sites (tertiary alicyclic amines) is 1. The van der Waals surface area contributed by atoms with E-state index in [-0.39, 0.29) is 12.0 Å². The van der Waals surface area contributed by atoms with E-state index in [0.717, 1.165) is 11.1 Å². The second kappa shape index (κ2) is 4.88. The molecule has 3 heteroatoms. The van der Waals surface area contributed by atoms with Gasteiger partial charge in [0.25, 0.3) is 5.91 Å². The number of amides is 1. The molecule has 0 atom stereocenters. The van der Waals surface area contributed by atoms with Crippen LogP contribution in [0.1, 0.15) is 34.3 Å². The van der Waals surface area contributed by atoms with E-state index >= 15 is 0 Å². The van der Waals surface area contributed by atoms with Gasteiger partial charge in [-0.1, -0.05) is 17.7 Å². The van der Waals surface area contributed by atoms with Crippen LogP contribution in [-0.2, 0) is 0 Å². The van der Waals surface area contributed by atoms with Crippen molar-refractivity contribution >= 4 is 5.91 Å². The standard InChI is InChI=1S/C14H19NO2/c1-10-3-4-13(11(2)9-10)14(17)15-7-5-12(16)6-8-15/h3-4,9,12,16H,5-8H2,1-2H3. The number of carbonyl (C=O) groups is 1. The number of aliphatic hydroxyl groups is 1. The van der Waals surface area contributed by atoms with Crippen LogP contribution in [-0.4, -0.2) is 35.1 Å². The molecule has 3 nitrogen and oxygen atoms in total. The Hall–Kier alpha value is -1.35. The monoisotopic (exact) mass is 233 g/mol. The summed E-state index contributed by atoms with van der Waals surface area (Å²) in [4.78, 5) is 14.1. The van der Waals surface area contributed by atoms with Gasteiger partial charge in [-0.15, -0.1) is 0 Å². The third-order valence-corrected chi connectivity index (χ3v) is 3.36. The molecule has 1 N–H and O–H groups in total. The predicted octanol–water partition coefficient (Wildman–Crippen LogP) is 1.90. The normalized spacial score (nSPS) is 17.2. The number of benzene rings is 1. The highest BCUT2D eigenvalue weighted by atomic mass is 16.3. The van der Waals surface area contributed by atoms with Gasteiger partial charge in [0.1, 0.15) is 0 Å². The third-order valence-electron chi connectivity index (χ3n) is 3.36. The van der Waals surface area contributed by atoms with Crippen molar-refractivity contribution in [1.82, 2.24) is 4.90 Å². The Morgan fingerprint density at radius 2 is 1.94 bits per heavy atom. The molecule has 17 heavy (non-hydrogen) atoms. The average molecular weight is 233 g/mol. The van der Waals surface area contributed by atoms with Crippen molar-refractivity contribution in [2.24, 2.45) is 0 Å². The van der Waals surface area contributed by atoms with Crippen molar-refractivity contribution in [2.45, 2.75) is 32.8 Å². The number of hydrogen-bond donors (Lipinski definition) is 1. The fourth-order valence-electron chi connectivity index (χ4n) is 2.29. The number of piperidine rings is 1. The van der Waals surface area contributed by atoms with E-state index in [1.54, 1.807) is 0 Å². The van der Waals surface area contributed by atoms with Gasteiger partial charge in [-0.25, -0.2) is 0 Å². The van der Waals surface area contributed by atoms with Gasteiger partial charge in [0.05, 0.1) is 6.10 Å². The molecule has 1 aromatic carbocycles. The fourth-order valence-corrected chi connectivity index (χ4v) is 2.29. The second-order valence-electron chi connectivity index (χ2n) is 4.84. The molecule has 1 aromatic rings. The third kappa shape index (κ3) is 2.67. The van der Waals surface area contributed by atoms with E-state index in [1.165, 1.54) is 5.56 Å². The van der Waals surface area contributed by atoms with Crippen molar-refractivity contribution < 1.29 is 9.90 Å². The largest absolute Gasteiger partial charge is 0.393 e. The lowest BCUT2D eigenvalue weighted by Gasteiger charge is -2.30. The molecule has 1 saturated heterocycles. The van der Waals surface area contributed by atoms with Gasteiger partial charge in [-0.3, -0.25) is 4.79 Å². The molecule has 2 rings (SSSR count). The van der Waals surface area contributed by atoms with Crippen LogP contribution in [0.2, 0.25) is 0 Å². The first-order chi connectivity index (χ1) is 8.08. The molecule has 1 heterocycles. The molecule has 0 aliphatic carbocycles. The number of rotatable bonds is 1. The van der Waals surface area contributed by atoms with Crippen molar-refractivity contribution in [2.75, 3.05) is 13.1 Å². The molecular formula is C14H19NO2. The molecule has 0 spiro atoms. The molecule has 92 valence electrons. The first-order valence-corrected chi connectivity index (χ1v) is 6.12. The lowest BCUT2D eigenvalue weighted by atomic mass is 10.0. The van der Waals surface area contributed by atoms with E-state index in [0.29, 0.717) is 25.9 Å². The summed E-state index contributed by atoms with van der Waals surface area (Å²) in [5.41, 5.74) is 2.99. The van der Waals surface area contributed by atoms with Crippen LogP contribution in [0.4, 0.5) is 0 Å². The highest BCUT2D eigenvalue weighted by Gasteiger charge is 2.22. The Balaban J connectivity index is 2.14. The maximum atomic E-state index is 12.3. The smallest absolute Gasteiger partial charge is 0.254 e. The predicted molar refractivity (Wildman–Crippen MR) is 67.1 cm³/mol. The maximum absolute atomic E-state index is 12.3. The lowest BCUT2D eigenvalue weighted by Crippen LogP contribution is -2.40. The maximum Gasteiger partial charge on any atom is 0.254 e. The van der Waals surface area contributed by atoms with Gasteiger partial charge in [0.15, 0.2) is 0 Å². The summed E-state index contributed by atoms with van der Waals surface area (Å²) in [6.45, 7) is 5.32. The van der Waals surface area contributed by atoms with Crippen LogP contribution in [0.3, 0.4) is 0 Å². The Bertz CT molecular complexity index is 420. The van der Waals surface area contributed by atoms with Crippen molar-refractivity contribution in [3.05, 3.63) is 34.9 Å². The highest BCUT2D eigenvalue weighted by molar-refractivity contribution is 5.95. The summed E-state index contributed by atoms with van der Waals surface area (Å²) in [7, 11) is 0. The van der Waals surface area contributed by atoms with Crippen LogP contribution in [0.15, 0.2) is 18.2 Å². The molecule has 1 amide bonds. The molecule has 1 aliphatic rings. The molecule has 0 bridgehead atoms. The van der Waals surface area contributed by atoms with E-state index in [1.807, 2.05) is 36.9 Å². The Morgan fingerprint density at radius 3 is 2.53 bits per heavy atom. The summed E-state index contributed by atoms with van der Waals surface area (Å²) < 4.78 is 0. The Kier molecular flexibility index (Phi) is 3.48. The van der Waals surface area contributed by atoms with Crippen LogP contribution in [0.5, 0.6) is 0 Å². The van der Waals surface area contributed by atoms with E-state index in [2.05, 4.69) is 0 Å². The summed E-state index contributed by atoms with van der Waals surface area (Å²) in [5, 5.41) is 9.43. The van der Waals surface area contributed by atoms with Gasteiger partial charge in [-0.2, -0.15) is 0 Å². The zero-order valence-corrected chi connectivity index (χ0v) is 10.4. The molecule has 0 aromatic heterocycles. The topological polar surface area (TPSA) is 40.5 Å². The van der Waals surface area contributed by atoms with Crippen molar-refractivity contribution in [3.8, 4) is 0 Å². The molecule has 0 saturated carbocycles. The minimum Gasteiger partial charge on any atom is -0.393 e. The first-order valence-electron chi connectivity index (χ1n) is 6.12. The van der Waals surface area contributed by atoms with Crippen LogP contribution >= 0.6 is 0 Å². The number of aryl methyl sites for hydroxylation is 2. The molecule has 1 aliphatic heterocycles. The van der Waals surface area contributed by atoms with E-state index < -0.39 is 0 Å². The van der Waals surface area contributed by atoms with Crippen LogP contribution < -0.4 is 0 Å². The fraction of sp³-hybridized carbons (Fsp3) is 0.500. The number of hydrogen-bond acceptors (Lipinski definition) is 2. The Labute approximate surface area is 102 Å². The molecular weight excluding hydrogens is 214 g/mol. The van der Waals surface area contributed by atoms with Gasteiger partial charge in [0, 0.05) is 18.7 Å². The first kappa shape index (κ1) is 12.1. The van der Waals surface area contributed by atoms with Crippen LogP contribution in [0, 0.1) is 13.8 Å². The van der Waals surface area contributed by atoms with Gasteiger partial charge in [0.2, 0.25) is 0 Å². The summed E-state index contributed by atoms with van der Waals surface area (Å²) in [5.74, 6) is 0.0920. The highest BCUT2D eigenvalue weighted by Crippen LogP contribution is 2.17.